The van der Waals surface area contributed by atoms with E-state index < -0.39 is 0 Å². The molecule has 0 aromatic heterocycles. The van der Waals surface area contributed by atoms with E-state index in [0.29, 0.717) is 25.9 Å². The van der Waals surface area contributed by atoms with Crippen LogP contribution in [0.4, 0.5) is 0 Å². The second-order valence-electron chi connectivity index (χ2n) is 5.15. The van der Waals surface area contributed by atoms with Gasteiger partial charge in [-0.2, -0.15) is 0 Å². The first-order chi connectivity index (χ1) is 10.2. The van der Waals surface area contributed by atoms with Crippen LogP contribution >= 0.6 is 0 Å². The molecule has 1 amide bonds. The van der Waals surface area contributed by atoms with Gasteiger partial charge in [-0.1, -0.05) is 37.3 Å². The Balaban J connectivity index is 1.58. The van der Waals surface area contributed by atoms with Crippen molar-refractivity contribution in [3.8, 4) is 0 Å². The molecular formula is C16H21NO4. The minimum absolute atomic E-state index is 0.0341. The Morgan fingerprint density at radius 1 is 1.24 bits per heavy atom. The molecule has 1 aromatic rings. The summed E-state index contributed by atoms with van der Waals surface area (Å²) < 4.78 is 10.7. The van der Waals surface area contributed by atoms with E-state index in [9.17, 15) is 9.59 Å². The molecule has 21 heavy (non-hydrogen) atoms. The molecule has 0 saturated heterocycles. The van der Waals surface area contributed by atoms with Gasteiger partial charge in [0, 0.05) is 6.42 Å². The molecule has 114 valence electrons. The van der Waals surface area contributed by atoms with Crippen LogP contribution in [0.25, 0.3) is 0 Å². The van der Waals surface area contributed by atoms with Gasteiger partial charge < -0.3 is 14.8 Å². The lowest BCUT2D eigenvalue weighted by molar-refractivity contribution is -0.160. The molecule has 5 nitrogen and oxygen atoms in total. The Morgan fingerprint density at radius 3 is 2.62 bits per heavy atom. The standard InChI is InChI=1S/C16H21NO4/c1-2-15(18)17-11-21-14-8-13(9-14)16(19)20-10-12-6-4-3-5-7-12/h3-7,13-14H,2,8-11H2,1H3,(H,17,18)/t13-,14-. The normalized spacial score (nSPS) is 20.4. The molecule has 1 fully saturated rings. The van der Waals surface area contributed by atoms with Gasteiger partial charge in [-0.15, -0.1) is 0 Å². The van der Waals surface area contributed by atoms with Crippen LogP contribution in [0.3, 0.4) is 0 Å². The number of hydrogen-bond donors (Lipinski definition) is 1. The van der Waals surface area contributed by atoms with Gasteiger partial charge in [0.05, 0.1) is 12.0 Å². The van der Waals surface area contributed by atoms with E-state index in [1.807, 2.05) is 30.3 Å². The molecule has 5 heteroatoms. The van der Waals surface area contributed by atoms with Gasteiger partial charge in [0.15, 0.2) is 0 Å². The molecule has 0 radical (unpaired) electrons. The minimum Gasteiger partial charge on any atom is -0.461 e. The molecule has 0 bridgehead atoms. The van der Waals surface area contributed by atoms with Crippen LogP contribution in [0.15, 0.2) is 30.3 Å². The molecular weight excluding hydrogens is 270 g/mol. The molecule has 0 spiro atoms. The molecule has 1 aromatic carbocycles. The Morgan fingerprint density at radius 2 is 1.95 bits per heavy atom. The molecule has 1 aliphatic rings. The molecule has 0 atom stereocenters. The number of carbonyl (C=O) groups is 2. The third-order valence-electron chi connectivity index (χ3n) is 3.56. The topological polar surface area (TPSA) is 64.6 Å². The van der Waals surface area contributed by atoms with E-state index >= 15 is 0 Å². The summed E-state index contributed by atoms with van der Waals surface area (Å²) in [6.07, 6.45) is 1.81. The maximum Gasteiger partial charge on any atom is 0.309 e. The second kappa shape index (κ2) is 7.78. The highest BCUT2D eigenvalue weighted by Gasteiger charge is 2.36. The van der Waals surface area contributed by atoms with Gasteiger partial charge in [-0.05, 0) is 18.4 Å². The van der Waals surface area contributed by atoms with Crippen molar-refractivity contribution in [1.29, 1.82) is 0 Å². The quantitative estimate of drug-likeness (QED) is 0.616. The Kier molecular flexibility index (Phi) is 5.75. The van der Waals surface area contributed by atoms with Gasteiger partial charge in [-0.25, -0.2) is 0 Å². The fourth-order valence-electron chi connectivity index (χ4n) is 2.11. The highest BCUT2D eigenvalue weighted by atomic mass is 16.5. The summed E-state index contributed by atoms with van der Waals surface area (Å²) in [5, 5.41) is 2.64. The van der Waals surface area contributed by atoms with Crippen molar-refractivity contribution in [1.82, 2.24) is 5.32 Å². The monoisotopic (exact) mass is 291 g/mol. The van der Waals surface area contributed by atoms with Gasteiger partial charge in [0.1, 0.15) is 13.3 Å². The molecule has 0 unspecified atom stereocenters. The van der Waals surface area contributed by atoms with E-state index in [4.69, 9.17) is 9.47 Å². The van der Waals surface area contributed by atoms with Crippen molar-refractivity contribution < 1.29 is 19.1 Å². The zero-order valence-electron chi connectivity index (χ0n) is 12.2. The van der Waals surface area contributed by atoms with Crippen LogP contribution in [-0.4, -0.2) is 24.7 Å². The van der Waals surface area contributed by atoms with Crippen molar-refractivity contribution in [2.45, 2.75) is 38.9 Å². The van der Waals surface area contributed by atoms with Crippen LogP contribution in [0.2, 0.25) is 0 Å². The average molecular weight is 291 g/mol. The number of benzene rings is 1. The molecule has 0 heterocycles. The summed E-state index contributed by atoms with van der Waals surface area (Å²) in [7, 11) is 0. The van der Waals surface area contributed by atoms with Crippen LogP contribution in [0, 0.1) is 5.92 Å². The van der Waals surface area contributed by atoms with E-state index in [2.05, 4.69) is 5.32 Å². The zero-order chi connectivity index (χ0) is 15.1. The maximum absolute atomic E-state index is 11.8. The van der Waals surface area contributed by atoms with E-state index in [1.165, 1.54) is 0 Å². The molecule has 0 aliphatic heterocycles. The number of amides is 1. The molecule has 1 saturated carbocycles. The van der Waals surface area contributed by atoms with Crippen molar-refractivity contribution in [3.05, 3.63) is 35.9 Å². The summed E-state index contributed by atoms with van der Waals surface area (Å²) >= 11 is 0. The highest BCUT2D eigenvalue weighted by Crippen LogP contribution is 2.31. The van der Waals surface area contributed by atoms with Crippen molar-refractivity contribution >= 4 is 11.9 Å². The molecule has 2 rings (SSSR count). The van der Waals surface area contributed by atoms with E-state index in [-0.39, 0.29) is 30.6 Å². The lowest BCUT2D eigenvalue weighted by Crippen LogP contribution is -2.39. The smallest absolute Gasteiger partial charge is 0.309 e. The van der Waals surface area contributed by atoms with Gasteiger partial charge in [-0.3, -0.25) is 9.59 Å². The number of nitrogens with one attached hydrogen (secondary N) is 1. The van der Waals surface area contributed by atoms with Crippen molar-refractivity contribution in [3.63, 3.8) is 0 Å². The summed E-state index contributed by atoms with van der Waals surface area (Å²) in [5.74, 6) is -0.287. The number of hydrogen-bond acceptors (Lipinski definition) is 4. The van der Waals surface area contributed by atoms with E-state index in [1.54, 1.807) is 6.92 Å². The third kappa shape index (κ3) is 4.86. The average Bonchev–Trinajstić information content (AvgIpc) is 2.47. The van der Waals surface area contributed by atoms with Crippen molar-refractivity contribution in [2.75, 3.05) is 6.73 Å². The maximum atomic E-state index is 11.8. The number of esters is 1. The fourth-order valence-corrected chi connectivity index (χ4v) is 2.11. The second-order valence-corrected chi connectivity index (χ2v) is 5.15. The molecule has 1 N–H and O–H groups in total. The van der Waals surface area contributed by atoms with Crippen LogP contribution in [-0.2, 0) is 25.7 Å². The minimum atomic E-state index is -0.170. The van der Waals surface area contributed by atoms with Crippen molar-refractivity contribution in [2.24, 2.45) is 5.92 Å². The summed E-state index contributed by atoms with van der Waals surface area (Å²) in [6, 6.07) is 9.62. The molecule has 1 aliphatic carbocycles. The van der Waals surface area contributed by atoms with Gasteiger partial charge in [0.25, 0.3) is 0 Å². The predicted octanol–water partition coefficient (Wildman–Crippen LogP) is 2.01. The predicted molar refractivity (Wildman–Crippen MR) is 77.1 cm³/mol. The Hall–Kier alpha value is -1.88. The van der Waals surface area contributed by atoms with Crippen LogP contribution in [0.5, 0.6) is 0 Å². The van der Waals surface area contributed by atoms with Gasteiger partial charge >= 0.3 is 5.97 Å². The Labute approximate surface area is 124 Å². The fraction of sp³-hybridized carbons (Fsp3) is 0.500. The lowest BCUT2D eigenvalue weighted by atomic mass is 9.82. The SMILES string of the molecule is CCC(=O)NCO[C@H]1C[C@H](C(=O)OCc2ccccc2)C1. The number of carbonyl (C=O) groups excluding carboxylic acids is 2. The largest absolute Gasteiger partial charge is 0.461 e. The van der Waals surface area contributed by atoms with Crippen LogP contribution in [0.1, 0.15) is 31.7 Å². The van der Waals surface area contributed by atoms with Gasteiger partial charge in [0.2, 0.25) is 5.91 Å². The lowest BCUT2D eigenvalue weighted by Gasteiger charge is -2.33. The first kappa shape index (κ1) is 15.5. The third-order valence-corrected chi connectivity index (χ3v) is 3.56. The summed E-state index contributed by atoms with van der Waals surface area (Å²) in [4.78, 5) is 22.9. The highest BCUT2D eigenvalue weighted by molar-refractivity contribution is 5.75. The van der Waals surface area contributed by atoms with E-state index in [0.717, 1.165) is 5.56 Å². The van der Waals surface area contributed by atoms with Crippen LogP contribution < -0.4 is 5.32 Å². The number of rotatable bonds is 7. The number of ether oxygens (including phenoxy) is 2. The first-order valence-corrected chi connectivity index (χ1v) is 7.28. The first-order valence-electron chi connectivity index (χ1n) is 7.28. The summed E-state index contributed by atoms with van der Waals surface area (Å²) in [6.45, 7) is 2.31. The summed E-state index contributed by atoms with van der Waals surface area (Å²) in [5.41, 5.74) is 0.986. The zero-order valence-corrected chi connectivity index (χ0v) is 12.2. The Bertz CT molecular complexity index is 468.